The number of benzene rings is 1. The molecular weight excluding hydrogens is 360 g/mol. The molecule has 3 atom stereocenters. The van der Waals surface area contributed by atoms with Gasteiger partial charge in [0.2, 0.25) is 0 Å². The van der Waals surface area contributed by atoms with Crippen LogP contribution in [0.1, 0.15) is 75.4 Å². The van der Waals surface area contributed by atoms with Crippen molar-refractivity contribution in [2.24, 2.45) is 11.8 Å². The first-order valence-electron chi connectivity index (χ1n) is 9.68. The van der Waals surface area contributed by atoms with Crippen molar-refractivity contribution >= 4 is 17.8 Å². The maximum Gasteiger partial charge on any atom is 0.311 e. The van der Waals surface area contributed by atoms with Gasteiger partial charge in [-0.1, -0.05) is 20.8 Å². The first-order chi connectivity index (χ1) is 12.9. The van der Waals surface area contributed by atoms with Crippen molar-refractivity contribution in [3.05, 3.63) is 22.8 Å². The van der Waals surface area contributed by atoms with Crippen LogP contribution in [0, 0.1) is 11.8 Å². The van der Waals surface area contributed by atoms with Gasteiger partial charge in [0.25, 0.3) is 0 Å². The lowest BCUT2D eigenvalue weighted by Gasteiger charge is -2.36. The Bertz CT molecular complexity index is 863. The van der Waals surface area contributed by atoms with Crippen LogP contribution in [-0.4, -0.2) is 33.7 Å². The molecule has 1 aromatic carbocycles. The van der Waals surface area contributed by atoms with Crippen molar-refractivity contribution in [2.45, 2.75) is 65.6 Å². The Morgan fingerprint density at radius 2 is 1.86 bits per heavy atom. The minimum atomic E-state index is -0.913. The minimum Gasteiger partial charge on any atom is -0.506 e. The lowest BCUT2D eigenvalue weighted by molar-refractivity contribution is -0.136. The Morgan fingerprint density at radius 3 is 2.43 bits per heavy atom. The van der Waals surface area contributed by atoms with Crippen LogP contribution >= 0.6 is 0 Å². The maximum atomic E-state index is 13.1. The molecule has 3 unspecified atom stereocenters. The van der Waals surface area contributed by atoms with Crippen molar-refractivity contribution in [3.8, 4) is 17.2 Å². The van der Waals surface area contributed by atoms with E-state index in [0.717, 1.165) is 0 Å². The zero-order valence-electron chi connectivity index (χ0n) is 17.2. The number of aromatic hydroxyl groups is 1. The summed E-state index contributed by atoms with van der Waals surface area (Å²) in [6.45, 7) is 10.9. The molecule has 0 spiro atoms. The van der Waals surface area contributed by atoms with Crippen molar-refractivity contribution in [2.75, 3.05) is 0 Å². The highest BCUT2D eigenvalue weighted by Gasteiger charge is 2.42. The number of aliphatic hydroxyl groups excluding tert-OH is 1. The number of fused-ring (bicyclic) bond motifs is 3. The van der Waals surface area contributed by atoms with Crippen LogP contribution in [0.3, 0.4) is 0 Å². The highest BCUT2D eigenvalue weighted by Crippen LogP contribution is 2.54. The topological polar surface area (TPSA) is 93.1 Å². The molecule has 0 amide bonds. The zero-order valence-corrected chi connectivity index (χ0v) is 17.2. The molecule has 152 valence electrons. The number of carbonyl (C=O) groups is 2. The molecule has 0 saturated carbocycles. The van der Waals surface area contributed by atoms with E-state index in [1.807, 2.05) is 33.8 Å². The molecular formula is C22H28O6. The number of rotatable bonds is 4. The summed E-state index contributed by atoms with van der Waals surface area (Å²) >= 11 is 0. The Balaban J connectivity index is 2.36. The Labute approximate surface area is 165 Å². The number of ether oxygens (including phenoxy) is 2. The summed E-state index contributed by atoms with van der Waals surface area (Å²) in [6, 6.07) is 0. The monoisotopic (exact) mass is 388 g/mol. The number of hydrogen-bond donors (Lipinski definition) is 2. The molecule has 0 aromatic heterocycles. The predicted molar refractivity (Wildman–Crippen MR) is 105 cm³/mol. The average molecular weight is 388 g/mol. The van der Waals surface area contributed by atoms with Gasteiger partial charge in [-0.3, -0.25) is 9.59 Å². The van der Waals surface area contributed by atoms with E-state index in [0.29, 0.717) is 16.9 Å². The van der Waals surface area contributed by atoms with Crippen LogP contribution in [0.4, 0.5) is 0 Å². The number of ketones is 1. The molecule has 3 rings (SSSR count). The highest BCUT2D eigenvalue weighted by molar-refractivity contribution is 6.06. The summed E-state index contributed by atoms with van der Waals surface area (Å²) in [6.07, 6.45) is 2.82. The molecule has 0 bridgehead atoms. The molecule has 28 heavy (non-hydrogen) atoms. The molecule has 2 N–H and O–H groups in total. The van der Waals surface area contributed by atoms with E-state index in [1.54, 1.807) is 13.0 Å². The Morgan fingerprint density at radius 1 is 1.21 bits per heavy atom. The van der Waals surface area contributed by atoms with Gasteiger partial charge in [0.1, 0.15) is 22.7 Å². The minimum absolute atomic E-state index is 0.0613. The number of hydrogen-bond acceptors (Lipinski definition) is 6. The first-order valence-corrected chi connectivity index (χ1v) is 9.68. The van der Waals surface area contributed by atoms with E-state index in [2.05, 4.69) is 0 Å². The summed E-state index contributed by atoms with van der Waals surface area (Å²) in [5, 5.41) is 20.8. The summed E-state index contributed by atoms with van der Waals surface area (Å²) in [4.78, 5) is 25.4. The molecule has 0 aliphatic carbocycles. The molecule has 2 heterocycles. The average Bonchev–Trinajstić information content (AvgIpc) is 2.58. The molecule has 0 saturated heterocycles. The van der Waals surface area contributed by atoms with Crippen molar-refractivity contribution < 1.29 is 29.3 Å². The van der Waals surface area contributed by atoms with Gasteiger partial charge in [0.15, 0.2) is 11.5 Å². The van der Waals surface area contributed by atoms with E-state index >= 15 is 0 Å². The van der Waals surface area contributed by atoms with Crippen molar-refractivity contribution in [1.29, 1.82) is 0 Å². The van der Waals surface area contributed by atoms with Crippen LogP contribution in [0.25, 0.3) is 6.08 Å². The number of carbonyl (C=O) groups excluding carboxylic acids is 2. The van der Waals surface area contributed by atoms with Crippen molar-refractivity contribution in [1.82, 2.24) is 0 Å². The normalized spacial score (nSPS) is 22.0. The van der Waals surface area contributed by atoms with Gasteiger partial charge >= 0.3 is 5.97 Å². The van der Waals surface area contributed by atoms with Crippen LogP contribution in [0.5, 0.6) is 17.2 Å². The third-order valence-corrected chi connectivity index (χ3v) is 5.63. The maximum absolute atomic E-state index is 13.1. The van der Waals surface area contributed by atoms with Gasteiger partial charge < -0.3 is 19.7 Å². The summed E-state index contributed by atoms with van der Waals surface area (Å²) < 4.78 is 11.7. The summed E-state index contributed by atoms with van der Waals surface area (Å²) in [5.74, 6) is -1.57. The van der Waals surface area contributed by atoms with E-state index in [9.17, 15) is 19.8 Å². The van der Waals surface area contributed by atoms with Gasteiger partial charge in [-0.05, 0) is 38.8 Å². The second-order valence-corrected chi connectivity index (χ2v) is 8.67. The molecule has 1 aromatic rings. The number of Topliss-reactive ketones (excluding diaryl/α,β-unsaturated/α-hetero) is 1. The first kappa shape index (κ1) is 20.4. The SMILES string of the molecule is CC(C)C1CC(=O)Oc2c(C(=O)C(C)C(C)O)c(O)c3c(c21)OC(C)(C)C=C3. The molecule has 2 aliphatic rings. The number of phenolic OH excluding ortho intramolecular Hbond substituents is 1. The fourth-order valence-electron chi connectivity index (χ4n) is 3.70. The lowest BCUT2D eigenvalue weighted by atomic mass is 9.78. The molecule has 6 nitrogen and oxygen atoms in total. The van der Waals surface area contributed by atoms with E-state index < -0.39 is 29.4 Å². The van der Waals surface area contributed by atoms with Crippen LogP contribution in [0.15, 0.2) is 6.08 Å². The van der Waals surface area contributed by atoms with Gasteiger partial charge in [0, 0.05) is 17.4 Å². The van der Waals surface area contributed by atoms with Crippen molar-refractivity contribution in [3.63, 3.8) is 0 Å². The Hall–Kier alpha value is -2.34. The van der Waals surface area contributed by atoms with Gasteiger partial charge in [-0.2, -0.15) is 0 Å². The molecule has 0 radical (unpaired) electrons. The van der Waals surface area contributed by atoms with Crippen LogP contribution in [-0.2, 0) is 4.79 Å². The summed E-state index contributed by atoms with van der Waals surface area (Å²) in [7, 11) is 0. The van der Waals surface area contributed by atoms with Gasteiger partial charge in [-0.25, -0.2) is 0 Å². The van der Waals surface area contributed by atoms with Gasteiger partial charge in [0.05, 0.1) is 18.1 Å². The quantitative estimate of drug-likeness (QED) is 0.463. The second-order valence-electron chi connectivity index (χ2n) is 8.67. The Kier molecular flexibility index (Phi) is 5.04. The molecule has 6 heteroatoms. The number of esters is 1. The largest absolute Gasteiger partial charge is 0.506 e. The summed E-state index contributed by atoms with van der Waals surface area (Å²) in [5.41, 5.74) is 0.381. The number of aliphatic hydroxyl groups is 1. The smallest absolute Gasteiger partial charge is 0.311 e. The third kappa shape index (κ3) is 3.30. The number of phenols is 1. The fraction of sp³-hybridized carbons (Fsp3) is 0.545. The highest BCUT2D eigenvalue weighted by atomic mass is 16.5. The van der Waals surface area contributed by atoms with E-state index in [4.69, 9.17) is 9.47 Å². The van der Waals surface area contributed by atoms with E-state index in [-0.39, 0.29) is 35.3 Å². The van der Waals surface area contributed by atoms with Crippen LogP contribution in [0.2, 0.25) is 0 Å². The fourth-order valence-corrected chi connectivity index (χ4v) is 3.70. The van der Waals surface area contributed by atoms with Gasteiger partial charge in [-0.15, -0.1) is 0 Å². The lowest BCUT2D eigenvalue weighted by Crippen LogP contribution is -2.32. The molecule has 2 aliphatic heterocycles. The zero-order chi connectivity index (χ0) is 21.0. The standard InChI is InChI=1S/C22H28O6/c1-10(2)14-9-15(24)27-21-16(14)20-13(7-8-22(5,6)28-20)19(26)17(21)18(25)11(3)12(4)23/h7-8,10-12,14,23,26H,9H2,1-6H3. The van der Waals surface area contributed by atoms with E-state index in [1.165, 1.54) is 6.92 Å². The predicted octanol–water partition coefficient (Wildman–Crippen LogP) is 3.82. The third-order valence-electron chi connectivity index (χ3n) is 5.63. The molecule has 0 fully saturated rings. The van der Waals surface area contributed by atoms with Crippen LogP contribution < -0.4 is 9.47 Å². The second kappa shape index (κ2) is 6.92.